The van der Waals surface area contributed by atoms with Gasteiger partial charge >= 0.3 is 0 Å². The molecule has 1 saturated heterocycles. The van der Waals surface area contributed by atoms with Crippen LogP contribution < -0.4 is 5.73 Å². The summed E-state index contributed by atoms with van der Waals surface area (Å²) in [5, 5.41) is 0.900. The Morgan fingerprint density at radius 1 is 1.69 bits per heavy atom. The van der Waals surface area contributed by atoms with E-state index in [2.05, 4.69) is 4.98 Å². The van der Waals surface area contributed by atoms with Crippen LogP contribution in [-0.4, -0.2) is 17.6 Å². The zero-order valence-electron chi connectivity index (χ0n) is 7.07. The van der Waals surface area contributed by atoms with Crippen LogP contribution in [0.2, 0.25) is 4.34 Å². The van der Waals surface area contributed by atoms with E-state index >= 15 is 0 Å². The molecule has 0 amide bonds. The molecule has 1 aromatic rings. The number of thiazole rings is 1. The third kappa shape index (κ3) is 2.02. The lowest BCUT2D eigenvalue weighted by Gasteiger charge is -2.27. The summed E-state index contributed by atoms with van der Waals surface area (Å²) in [6.45, 7) is 0.773. The quantitative estimate of drug-likeness (QED) is 0.784. The monoisotopic (exact) mass is 218 g/mol. The van der Waals surface area contributed by atoms with E-state index in [1.54, 1.807) is 6.20 Å². The molecule has 0 aromatic carbocycles. The standard InChI is InChI=1S/C8H11ClN2OS/c9-6-4-11-8(13-6)7-5(10)2-1-3-12-7/h4-5,7H,1-3,10H2. The first-order chi connectivity index (χ1) is 6.27. The molecule has 2 N–H and O–H groups in total. The molecule has 0 spiro atoms. The lowest BCUT2D eigenvalue weighted by atomic mass is 10.0. The summed E-state index contributed by atoms with van der Waals surface area (Å²) in [5.74, 6) is 0. The Kier molecular flexibility index (Phi) is 2.83. The fourth-order valence-electron chi connectivity index (χ4n) is 1.46. The van der Waals surface area contributed by atoms with Gasteiger partial charge in [-0.25, -0.2) is 4.98 Å². The summed E-state index contributed by atoms with van der Waals surface area (Å²) in [6, 6.07) is 0.0657. The minimum absolute atomic E-state index is 0.0498. The molecule has 13 heavy (non-hydrogen) atoms. The molecular formula is C8H11ClN2OS. The van der Waals surface area contributed by atoms with Crippen molar-refractivity contribution >= 4 is 22.9 Å². The van der Waals surface area contributed by atoms with Gasteiger partial charge in [0.25, 0.3) is 0 Å². The fraction of sp³-hybridized carbons (Fsp3) is 0.625. The molecular weight excluding hydrogens is 208 g/mol. The molecule has 2 rings (SSSR count). The Hall–Kier alpha value is -0.160. The van der Waals surface area contributed by atoms with Gasteiger partial charge in [0.15, 0.2) is 0 Å². The van der Waals surface area contributed by atoms with E-state index in [9.17, 15) is 0 Å². The molecule has 3 nitrogen and oxygen atoms in total. The van der Waals surface area contributed by atoms with Crippen molar-refractivity contribution in [2.45, 2.75) is 25.0 Å². The van der Waals surface area contributed by atoms with Crippen LogP contribution >= 0.6 is 22.9 Å². The van der Waals surface area contributed by atoms with Crippen molar-refractivity contribution in [1.82, 2.24) is 4.98 Å². The Bertz CT molecular complexity index is 291. The largest absolute Gasteiger partial charge is 0.369 e. The van der Waals surface area contributed by atoms with Gasteiger partial charge in [0.05, 0.1) is 6.20 Å². The van der Waals surface area contributed by atoms with Crippen molar-refractivity contribution < 1.29 is 4.74 Å². The van der Waals surface area contributed by atoms with E-state index in [-0.39, 0.29) is 12.1 Å². The summed E-state index contributed by atoms with van der Waals surface area (Å²) in [5.41, 5.74) is 5.92. The highest BCUT2D eigenvalue weighted by Crippen LogP contribution is 2.31. The maximum Gasteiger partial charge on any atom is 0.125 e. The van der Waals surface area contributed by atoms with E-state index in [1.165, 1.54) is 11.3 Å². The molecule has 0 saturated carbocycles. The van der Waals surface area contributed by atoms with Gasteiger partial charge in [0.2, 0.25) is 0 Å². The van der Waals surface area contributed by atoms with Crippen molar-refractivity contribution in [2.24, 2.45) is 5.73 Å². The number of ether oxygens (including phenoxy) is 1. The Morgan fingerprint density at radius 3 is 3.15 bits per heavy atom. The first kappa shape index (κ1) is 9.40. The normalized spacial score (nSPS) is 29.1. The maximum absolute atomic E-state index is 5.92. The smallest absolute Gasteiger partial charge is 0.125 e. The second-order valence-electron chi connectivity index (χ2n) is 3.10. The minimum atomic E-state index is -0.0498. The Labute approximate surface area is 85.9 Å². The Morgan fingerprint density at radius 2 is 2.54 bits per heavy atom. The summed E-state index contributed by atoms with van der Waals surface area (Å²) < 4.78 is 6.24. The SMILES string of the molecule is NC1CCCOC1c1ncc(Cl)s1. The lowest BCUT2D eigenvalue weighted by Crippen LogP contribution is -2.34. The van der Waals surface area contributed by atoms with Crippen molar-refractivity contribution in [3.63, 3.8) is 0 Å². The lowest BCUT2D eigenvalue weighted by molar-refractivity contribution is 0.0000305. The van der Waals surface area contributed by atoms with Crippen molar-refractivity contribution in [3.05, 3.63) is 15.5 Å². The summed E-state index contributed by atoms with van der Waals surface area (Å²) >= 11 is 7.23. The van der Waals surface area contributed by atoms with Crippen LogP contribution in [0.3, 0.4) is 0 Å². The molecule has 0 bridgehead atoms. The summed E-state index contributed by atoms with van der Waals surface area (Å²) in [6.07, 6.45) is 3.64. The van der Waals surface area contributed by atoms with Crippen LogP contribution in [0.1, 0.15) is 24.0 Å². The van der Waals surface area contributed by atoms with Crippen molar-refractivity contribution in [3.8, 4) is 0 Å². The van der Waals surface area contributed by atoms with Crippen molar-refractivity contribution in [1.29, 1.82) is 0 Å². The molecule has 5 heteroatoms. The third-order valence-electron chi connectivity index (χ3n) is 2.11. The zero-order chi connectivity index (χ0) is 9.26. The first-order valence-electron chi connectivity index (χ1n) is 4.26. The number of rotatable bonds is 1. The predicted octanol–water partition coefficient (Wildman–Crippen LogP) is 1.98. The highest BCUT2D eigenvalue weighted by molar-refractivity contribution is 7.15. The number of aromatic nitrogens is 1. The topological polar surface area (TPSA) is 48.1 Å². The van der Waals surface area contributed by atoms with E-state index in [1.807, 2.05) is 0 Å². The molecule has 1 aliphatic rings. The van der Waals surface area contributed by atoms with E-state index in [4.69, 9.17) is 22.1 Å². The van der Waals surface area contributed by atoms with Gasteiger partial charge in [-0.2, -0.15) is 0 Å². The molecule has 2 heterocycles. The van der Waals surface area contributed by atoms with Crippen LogP contribution in [-0.2, 0) is 4.74 Å². The zero-order valence-corrected chi connectivity index (χ0v) is 8.64. The van der Waals surface area contributed by atoms with Crippen LogP contribution in [0.5, 0.6) is 0 Å². The number of halogens is 1. The van der Waals surface area contributed by atoms with E-state index in [0.717, 1.165) is 24.5 Å². The van der Waals surface area contributed by atoms with Gasteiger partial charge in [-0.05, 0) is 12.8 Å². The molecule has 1 aromatic heterocycles. The molecule has 72 valence electrons. The molecule has 2 atom stereocenters. The van der Waals surface area contributed by atoms with Crippen LogP contribution in [0.4, 0.5) is 0 Å². The molecule has 0 radical (unpaired) electrons. The Balaban J connectivity index is 2.14. The molecule has 1 fully saturated rings. The maximum atomic E-state index is 5.92. The highest BCUT2D eigenvalue weighted by Gasteiger charge is 2.26. The van der Waals surface area contributed by atoms with Crippen LogP contribution in [0.15, 0.2) is 6.20 Å². The van der Waals surface area contributed by atoms with Crippen molar-refractivity contribution in [2.75, 3.05) is 6.61 Å². The van der Waals surface area contributed by atoms with Gasteiger partial charge in [-0.3, -0.25) is 0 Å². The predicted molar refractivity (Wildman–Crippen MR) is 53.0 cm³/mol. The van der Waals surface area contributed by atoms with E-state index < -0.39 is 0 Å². The van der Waals surface area contributed by atoms with Crippen LogP contribution in [0.25, 0.3) is 0 Å². The summed E-state index contributed by atoms with van der Waals surface area (Å²) in [7, 11) is 0. The van der Waals surface area contributed by atoms with Gasteiger partial charge in [0, 0.05) is 12.6 Å². The molecule has 2 unspecified atom stereocenters. The van der Waals surface area contributed by atoms with Gasteiger partial charge < -0.3 is 10.5 Å². The second kappa shape index (κ2) is 3.92. The highest BCUT2D eigenvalue weighted by atomic mass is 35.5. The number of nitrogens with two attached hydrogens (primary N) is 1. The average Bonchev–Trinajstić information content (AvgIpc) is 2.53. The molecule has 0 aliphatic carbocycles. The number of hydrogen-bond donors (Lipinski definition) is 1. The molecule has 1 aliphatic heterocycles. The second-order valence-corrected chi connectivity index (χ2v) is 4.79. The van der Waals surface area contributed by atoms with Crippen LogP contribution in [0, 0.1) is 0 Å². The summed E-state index contributed by atoms with van der Waals surface area (Å²) in [4.78, 5) is 4.17. The van der Waals surface area contributed by atoms with E-state index in [0.29, 0.717) is 4.34 Å². The van der Waals surface area contributed by atoms with Gasteiger partial charge in [0.1, 0.15) is 15.4 Å². The third-order valence-corrected chi connectivity index (χ3v) is 3.28. The first-order valence-corrected chi connectivity index (χ1v) is 5.45. The van der Waals surface area contributed by atoms with Gasteiger partial charge in [-0.1, -0.05) is 11.6 Å². The number of hydrogen-bond acceptors (Lipinski definition) is 4. The fourth-order valence-corrected chi connectivity index (χ4v) is 2.51. The average molecular weight is 219 g/mol. The van der Waals surface area contributed by atoms with Gasteiger partial charge in [-0.15, -0.1) is 11.3 Å². The minimum Gasteiger partial charge on any atom is -0.369 e. The number of nitrogens with zero attached hydrogens (tertiary/aromatic N) is 1.